The van der Waals surface area contributed by atoms with Crippen molar-refractivity contribution in [1.29, 1.82) is 0 Å². The Morgan fingerprint density at radius 3 is 2.52 bits per heavy atom. The lowest BCUT2D eigenvalue weighted by Crippen LogP contribution is -2.01. The monoisotopic (exact) mass is 341 g/mol. The Hall–Kier alpha value is -1.62. The molecule has 108 valence electrons. The Kier molecular flexibility index (Phi) is 3.61. The largest absolute Gasteiger partial charge is 0.494 e. The fourth-order valence-corrected chi connectivity index (χ4v) is 2.82. The van der Waals surface area contributed by atoms with E-state index in [2.05, 4.69) is 4.98 Å². The standard InChI is InChI=1S/C14H10Cl3N3O/c1-21-12-4-2-3-10-13(12)19-14(18)20(10)11-6-8(16)7(15)5-9(11)17/h2-6H,1H3,(H2,18,19). The fourth-order valence-electron chi connectivity index (χ4n) is 2.19. The molecule has 0 fully saturated rings. The van der Waals surface area contributed by atoms with Crippen molar-refractivity contribution in [2.24, 2.45) is 0 Å². The summed E-state index contributed by atoms with van der Waals surface area (Å²) in [6.45, 7) is 0. The van der Waals surface area contributed by atoms with Gasteiger partial charge in [-0.1, -0.05) is 40.9 Å². The van der Waals surface area contributed by atoms with E-state index in [1.165, 1.54) is 0 Å². The zero-order chi connectivity index (χ0) is 15.1. The third-order valence-corrected chi connectivity index (χ3v) is 4.15. The Balaban J connectivity index is 2.36. The number of aromatic nitrogens is 2. The van der Waals surface area contributed by atoms with Crippen molar-refractivity contribution in [3.8, 4) is 11.4 Å². The summed E-state index contributed by atoms with van der Waals surface area (Å²) in [6.07, 6.45) is 0. The number of hydrogen-bond donors (Lipinski definition) is 1. The van der Waals surface area contributed by atoms with E-state index in [9.17, 15) is 0 Å². The van der Waals surface area contributed by atoms with Gasteiger partial charge in [0.25, 0.3) is 0 Å². The van der Waals surface area contributed by atoms with Gasteiger partial charge in [0, 0.05) is 0 Å². The second kappa shape index (κ2) is 5.30. The molecule has 3 rings (SSSR count). The molecule has 4 nitrogen and oxygen atoms in total. The maximum Gasteiger partial charge on any atom is 0.206 e. The number of nitrogens with two attached hydrogens (primary N) is 1. The van der Waals surface area contributed by atoms with E-state index >= 15 is 0 Å². The summed E-state index contributed by atoms with van der Waals surface area (Å²) in [5.41, 5.74) is 8.06. The number of imidazole rings is 1. The van der Waals surface area contributed by atoms with Crippen molar-refractivity contribution in [3.63, 3.8) is 0 Å². The molecule has 2 aromatic carbocycles. The van der Waals surface area contributed by atoms with Crippen molar-refractivity contribution in [1.82, 2.24) is 9.55 Å². The van der Waals surface area contributed by atoms with Crippen LogP contribution in [0.15, 0.2) is 30.3 Å². The highest BCUT2D eigenvalue weighted by molar-refractivity contribution is 6.43. The van der Waals surface area contributed by atoms with Crippen molar-refractivity contribution >= 4 is 51.8 Å². The molecule has 2 N–H and O–H groups in total. The van der Waals surface area contributed by atoms with E-state index < -0.39 is 0 Å². The molecule has 0 atom stereocenters. The van der Waals surface area contributed by atoms with Crippen molar-refractivity contribution in [2.45, 2.75) is 0 Å². The first-order valence-corrected chi connectivity index (χ1v) is 7.12. The first-order valence-electron chi connectivity index (χ1n) is 5.98. The molecule has 0 aliphatic rings. The van der Waals surface area contributed by atoms with Gasteiger partial charge >= 0.3 is 0 Å². The van der Waals surface area contributed by atoms with E-state index in [-0.39, 0.29) is 5.95 Å². The average Bonchev–Trinajstić information content (AvgIpc) is 2.79. The molecule has 0 bridgehead atoms. The fraction of sp³-hybridized carbons (Fsp3) is 0.0714. The van der Waals surface area contributed by atoms with E-state index in [0.29, 0.717) is 32.0 Å². The summed E-state index contributed by atoms with van der Waals surface area (Å²) in [5, 5.41) is 1.20. The lowest BCUT2D eigenvalue weighted by atomic mass is 10.2. The second-order valence-electron chi connectivity index (χ2n) is 4.35. The Morgan fingerprint density at radius 2 is 1.81 bits per heavy atom. The molecule has 0 spiro atoms. The van der Waals surface area contributed by atoms with Crippen LogP contribution in [0.1, 0.15) is 0 Å². The first-order chi connectivity index (χ1) is 10.0. The number of nitrogen functional groups attached to an aromatic ring is 1. The second-order valence-corrected chi connectivity index (χ2v) is 5.57. The average molecular weight is 343 g/mol. The van der Waals surface area contributed by atoms with Crippen LogP contribution in [0.4, 0.5) is 5.95 Å². The number of anilines is 1. The molecule has 21 heavy (non-hydrogen) atoms. The maximum absolute atomic E-state index is 6.26. The van der Waals surface area contributed by atoms with Gasteiger partial charge in [0.05, 0.1) is 33.4 Å². The number of para-hydroxylation sites is 1. The number of nitrogens with zero attached hydrogens (tertiary/aromatic N) is 2. The topological polar surface area (TPSA) is 53.1 Å². The van der Waals surface area contributed by atoms with Crippen LogP contribution in [0.25, 0.3) is 16.7 Å². The molecule has 0 aliphatic heterocycles. The van der Waals surface area contributed by atoms with Crippen LogP contribution in [0.2, 0.25) is 15.1 Å². The predicted octanol–water partition coefficient (Wildman–Crippen LogP) is 4.58. The highest BCUT2D eigenvalue weighted by Crippen LogP contribution is 2.36. The highest BCUT2D eigenvalue weighted by Gasteiger charge is 2.16. The van der Waals surface area contributed by atoms with Gasteiger partial charge in [0.2, 0.25) is 5.95 Å². The lowest BCUT2D eigenvalue weighted by Gasteiger charge is -2.10. The van der Waals surface area contributed by atoms with E-state index in [0.717, 1.165) is 5.52 Å². The predicted molar refractivity (Wildman–Crippen MR) is 87.1 cm³/mol. The van der Waals surface area contributed by atoms with E-state index in [4.69, 9.17) is 45.3 Å². The van der Waals surface area contributed by atoms with Gasteiger partial charge in [0.1, 0.15) is 11.3 Å². The third kappa shape index (κ3) is 2.29. The molecule has 0 saturated heterocycles. The number of halogens is 3. The molecule has 7 heteroatoms. The molecule has 0 aliphatic carbocycles. The van der Waals surface area contributed by atoms with Crippen LogP contribution in [0.3, 0.4) is 0 Å². The van der Waals surface area contributed by atoms with Gasteiger partial charge in [-0.25, -0.2) is 4.98 Å². The molecule has 0 amide bonds. The number of benzene rings is 2. The van der Waals surface area contributed by atoms with E-state index in [1.807, 2.05) is 18.2 Å². The summed E-state index contributed by atoms with van der Waals surface area (Å²) in [5.74, 6) is 0.920. The molecule has 1 aromatic heterocycles. The van der Waals surface area contributed by atoms with Crippen molar-refractivity contribution in [2.75, 3.05) is 12.8 Å². The molecular weight excluding hydrogens is 333 g/mol. The minimum atomic E-state index is 0.287. The summed E-state index contributed by atoms with van der Waals surface area (Å²) in [4.78, 5) is 4.33. The van der Waals surface area contributed by atoms with Gasteiger partial charge in [-0.05, 0) is 24.3 Å². The zero-order valence-corrected chi connectivity index (χ0v) is 13.2. The first kappa shape index (κ1) is 14.3. The Morgan fingerprint density at radius 1 is 1.10 bits per heavy atom. The van der Waals surface area contributed by atoms with Crippen LogP contribution in [-0.4, -0.2) is 16.7 Å². The number of ether oxygens (including phenoxy) is 1. The van der Waals surface area contributed by atoms with Crippen LogP contribution in [0, 0.1) is 0 Å². The SMILES string of the molecule is COc1cccc2c1nc(N)n2-c1cc(Cl)c(Cl)cc1Cl. The zero-order valence-electron chi connectivity index (χ0n) is 10.9. The van der Waals surface area contributed by atoms with Crippen LogP contribution in [-0.2, 0) is 0 Å². The minimum absolute atomic E-state index is 0.287. The lowest BCUT2D eigenvalue weighted by molar-refractivity contribution is 0.419. The van der Waals surface area contributed by atoms with Gasteiger partial charge in [-0.3, -0.25) is 4.57 Å². The van der Waals surface area contributed by atoms with Gasteiger partial charge < -0.3 is 10.5 Å². The van der Waals surface area contributed by atoms with E-state index in [1.54, 1.807) is 23.8 Å². The Bertz CT molecular complexity index is 845. The van der Waals surface area contributed by atoms with Crippen LogP contribution < -0.4 is 10.5 Å². The molecule has 3 aromatic rings. The normalized spacial score (nSPS) is 11.0. The summed E-state index contributed by atoms with van der Waals surface area (Å²) < 4.78 is 7.00. The number of rotatable bonds is 2. The summed E-state index contributed by atoms with van der Waals surface area (Å²) in [6, 6.07) is 8.77. The summed E-state index contributed by atoms with van der Waals surface area (Å²) in [7, 11) is 1.58. The van der Waals surface area contributed by atoms with Gasteiger partial charge in [-0.2, -0.15) is 0 Å². The Labute approximate surface area is 136 Å². The van der Waals surface area contributed by atoms with Crippen molar-refractivity contribution in [3.05, 3.63) is 45.4 Å². The third-order valence-electron chi connectivity index (χ3n) is 3.12. The molecule has 0 unspecified atom stereocenters. The minimum Gasteiger partial charge on any atom is -0.494 e. The summed E-state index contributed by atoms with van der Waals surface area (Å²) >= 11 is 18.3. The molecule has 0 saturated carbocycles. The molecule has 1 heterocycles. The molecular formula is C14H10Cl3N3O. The quantitative estimate of drug-likeness (QED) is 0.694. The van der Waals surface area contributed by atoms with Crippen molar-refractivity contribution < 1.29 is 4.74 Å². The van der Waals surface area contributed by atoms with Crippen LogP contribution >= 0.6 is 34.8 Å². The highest BCUT2D eigenvalue weighted by atomic mass is 35.5. The molecule has 0 radical (unpaired) electrons. The van der Waals surface area contributed by atoms with Crippen LogP contribution in [0.5, 0.6) is 5.75 Å². The maximum atomic E-state index is 6.26. The number of hydrogen-bond acceptors (Lipinski definition) is 3. The van der Waals surface area contributed by atoms with Gasteiger partial charge in [0.15, 0.2) is 0 Å². The smallest absolute Gasteiger partial charge is 0.206 e. The number of fused-ring (bicyclic) bond motifs is 1. The van der Waals surface area contributed by atoms with Gasteiger partial charge in [-0.15, -0.1) is 0 Å². The number of methoxy groups -OCH3 is 1.